The van der Waals surface area contributed by atoms with Gasteiger partial charge >= 0.3 is 6.36 Å². The number of benzene rings is 1. The Hall–Kier alpha value is -1.96. The summed E-state index contributed by atoms with van der Waals surface area (Å²) < 4.78 is 40.3. The largest absolute Gasteiger partial charge is 0.573 e. The molecular formula is C19H29F3N4O. The lowest BCUT2D eigenvalue weighted by Crippen LogP contribution is -2.36. The number of guanidine groups is 1. The first-order valence-electron chi connectivity index (χ1n) is 9.36. The molecule has 0 aromatic heterocycles. The van der Waals surface area contributed by atoms with Gasteiger partial charge < -0.3 is 20.7 Å². The Bertz CT molecular complexity index is 594. The topological polar surface area (TPSA) is 62.9 Å². The molecule has 1 saturated heterocycles. The molecular weight excluding hydrogens is 357 g/mol. The molecule has 0 bridgehead atoms. The van der Waals surface area contributed by atoms with Crippen molar-refractivity contribution >= 4 is 11.6 Å². The zero-order chi connectivity index (χ0) is 19.9. The van der Waals surface area contributed by atoms with Crippen LogP contribution < -0.4 is 15.8 Å². The van der Waals surface area contributed by atoms with Crippen LogP contribution in [0.3, 0.4) is 0 Å². The smallest absolute Gasteiger partial charge is 0.406 e. The SMILES string of the molecule is CC(C)CCN1CCC(CN=C(N)Nc2ccc(OC(F)(F)F)cc2)CC1. The number of nitrogens with zero attached hydrogens (tertiary/aromatic N) is 2. The predicted molar refractivity (Wildman–Crippen MR) is 102 cm³/mol. The van der Waals surface area contributed by atoms with Gasteiger partial charge in [-0.15, -0.1) is 13.2 Å². The van der Waals surface area contributed by atoms with Gasteiger partial charge in [-0.25, -0.2) is 0 Å². The number of nitrogens with one attached hydrogen (secondary N) is 1. The third-order valence-electron chi connectivity index (χ3n) is 4.61. The van der Waals surface area contributed by atoms with E-state index < -0.39 is 6.36 Å². The fourth-order valence-electron chi connectivity index (χ4n) is 2.99. The molecule has 0 saturated carbocycles. The molecule has 0 amide bonds. The third-order valence-corrected chi connectivity index (χ3v) is 4.61. The van der Waals surface area contributed by atoms with Gasteiger partial charge in [0.2, 0.25) is 0 Å². The number of likely N-dealkylation sites (tertiary alicyclic amines) is 1. The van der Waals surface area contributed by atoms with Gasteiger partial charge in [-0.1, -0.05) is 13.8 Å². The molecule has 3 N–H and O–H groups in total. The van der Waals surface area contributed by atoms with Crippen LogP contribution in [0.4, 0.5) is 18.9 Å². The van der Waals surface area contributed by atoms with E-state index >= 15 is 0 Å². The number of hydrogen-bond donors (Lipinski definition) is 2. The van der Waals surface area contributed by atoms with Gasteiger partial charge in [-0.3, -0.25) is 4.99 Å². The molecule has 0 spiro atoms. The highest BCUT2D eigenvalue weighted by atomic mass is 19.4. The Kier molecular flexibility index (Phi) is 7.77. The minimum atomic E-state index is -4.69. The molecule has 2 rings (SSSR count). The second-order valence-electron chi connectivity index (χ2n) is 7.39. The Morgan fingerprint density at radius 3 is 2.44 bits per heavy atom. The number of aliphatic imine (C=N–C) groups is 1. The van der Waals surface area contributed by atoms with Gasteiger partial charge in [-0.05, 0) is 75.0 Å². The monoisotopic (exact) mass is 386 g/mol. The summed E-state index contributed by atoms with van der Waals surface area (Å²) in [5.74, 6) is 1.24. The Labute approximate surface area is 158 Å². The zero-order valence-corrected chi connectivity index (χ0v) is 15.9. The molecule has 1 aromatic rings. The molecule has 1 aliphatic heterocycles. The zero-order valence-electron chi connectivity index (χ0n) is 15.9. The summed E-state index contributed by atoms with van der Waals surface area (Å²) in [6.07, 6.45) is -1.25. The Morgan fingerprint density at radius 2 is 1.89 bits per heavy atom. The summed E-state index contributed by atoms with van der Waals surface area (Å²) >= 11 is 0. The predicted octanol–water partition coefficient (Wildman–Crippen LogP) is 4.07. The molecule has 1 aliphatic rings. The molecule has 0 atom stereocenters. The maximum absolute atomic E-state index is 12.2. The van der Waals surface area contributed by atoms with Crippen molar-refractivity contribution in [2.45, 2.75) is 39.5 Å². The van der Waals surface area contributed by atoms with Crippen molar-refractivity contribution < 1.29 is 17.9 Å². The van der Waals surface area contributed by atoms with Gasteiger partial charge in [0, 0.05) is 12.2 Å². The average Bonchev–Trinajstić information content (AvgIpc) is 2.59. The number of alkyl halides is 3. The van der Waals surface area contributed by atoms with Gasteiger partial charge in [-0.2, -0.15) is 0 Å². The van der Waals surface area contributed by atoms with E-state index in [9.17, 15) is 13.2 Å². The molecule has 1 aromatic carbocycles. The summed E-state index contributed by atoms with van der Waals surface area (Å²) in [5, 5.41) is 2.89. The number of rotatable bonds is 7. The first-order valence-corrected chi connectivity index (χ1v) is 9.36. The van der Waals surface area contributed by atoms with Crippen molar-refractivity contribution in [3.05, 3.63) is 24.3 Å². The molecule has 0 aliphatic carbocycles. The van der Waals surface area contributed by atoms with Crippen LogP contribution in [0.1, 0.15) is 33.1 Å². The lowest BCUT2D eigenvalue weighted by molar-refractivity contribution is -0.274. The number of nitrogens with two attached hydrogens (primary N) is 1. The number of hydrogen-bond acceptors (Lipinski definition) is 3. The number of piperidine rings is 1. The van der Waals surface area contributed by atoms with Crippen molar-refractivity contribution in [1.82, 2.24) is 4.90 Å². The maximum Gasteiger partial charge on any atom is 0.573 e. The van der Waals surface area contributed by atoms with E-state index in [1.54, 1.807) is 0 Å². The normalized spacial score (nSPS) is 17.3. The number of ether oxygens (including phenoxy) is 1. The van der Waals surface area contributed by atoms with E-state index in [1.165, 1.54) is 30.7 Å². The summed E-state index contributed by atoms with van der Waals surface area (Å²) in [4.78, 5) is 6.88. The van der Waals surface area contributed by atoms with Gasteiger partial charge in [0.05, 0.1) is 0 Å². The van der Waals surface area contributed by atoms with Crippen LogP contribution in [0.5, 0.6) is 5.75 Å². The molecule has 0 radical (unpaired) electrons. The van der Waals surface area contributed by atoms with Crippen LogP contribution in [-0.2, 0) is 0 Å². The van der Waals surface area contributed by atoms with E-state index in [4.69, 9.17) is 5.73 Å². The van der Waals surface area contributed by atoms with Crippen molar-refractivity contribution in [3.63, 3.8) is 0 Å². The van der Waals surface area contributed by atoms with Gasteiger partial charge in [0.15, 0.2) is 5.96 Å². The molecule has 8 heteroatoms. The van der Waals surface area contributed by atoms with E-state index in [0.29, 0.717) is 18.2 Å². The highest BCUT2D eigenvalue weighted by Crippen LogP contribution is 2.24. The third kappa shape index (κ3) is 8.51. The highest BCUT2D eigenvalue weighted by Gasteiger charge is 2.30. The van der Waals surface area contributed by atoms with Gasteiger partial charge in [0.1, 0.15) is 5.75 Å². The number of anilines is 1. The second kappa shape index (κ2) is 9.82. The lowest BCUT2D eigenvalue weighted by Gasteiger charge is -2.31. The van der Waals surface area contributed by atoms with Crippen molar-refractivity contribution in [3.8, 4) is 5.75 Å². The molecule has 1 fully saturated rings. The van der Waals surface area contributed by atoms with E-state index in [-0.39, 0.29) is 11.7 Å². The lowest BCUT2D eigenvalue weighted by atomic mass is 9.96. The van der Waals surface area contributed by atoms with Crippen LogP contribution in [0.2, 0.25) is 0 Å². The van der Waals surface area contributed by atoms with Crippen LogP contribution in [0, 0.1) is 11.8 Å². The van der Waals surface area contributed by atoms with Crippen LogP contribution in [0.25, 0.3) is 0 Å². The summed E-state index contributed by atoms with van der Waals surface area (Å²) in [6, 6.07) is 5.40. The molecule has 5 nitrogen and oxygen atoms in total. The second-order valence-corrected chi connectivity index (χ2v) is 7.39. The molecule has 27 heavy (non-hydrogen) atoms. The quantitative estimate of drug-likeness (QED) is 0.548. The highest BCUT2D eigenvalue weighted by molar-refractivity contribution is 5.92. The van der Waals surface area contributed by atoms with E-state index in [2.05, 4.69) is 33.8 Å². The van der Waals surface area contributed by atoms with E-state index in [1.807, 2.05) is 0 Å². The maximum atomic E-state index is 12.2. The number of halogens is 3. The minimum absolute atomic E-state index is 0.265. The first kappa shape index (κ1) is 21.3. The average molecular weight is 386 g/mol. The van der Waals surface area contributed by atoms with Crippen LogP contribution >= 0.6 is 0 Å². The summed E-state index contributed by atoms with van der Waals surface area (Å²) in [5.41, 5.74) is 6.45. The van der Waals surface area contributed by atoms with E-state index in [0.717, 1.165) is 38.4 Å². The fourth-order valence-corrected chi connectivity index (χ4v) is 2.99. The molecule has 152 valence electrons. The summed E-state index contributed by atoms with van der Waals surface area (Å²) in [6.45, 7) is 8.50. The van der Waals surface area contributed by atoms with Crippen molar-refractivity contribution in [2.75, 3.05) is 31.5 Å². The fraction of sp³-hybridized carbons (Fsp3) is 0.632. The van der Waals surface area contributed by atoms with Crippen LogP contribution in [0.15, 0.2) is 29.3 Å². The summed E-state index contributed by atoms with van der Waals surface area (Å²) in [7, 11) is 0. The first-order chi connectivity index (χ1) is 12.7. The molecule has 0 unspecified atom stereocenters. The minimum Gasteiger partial charge on any atom is -0.406 e. The van der Waals surface area contributed by atoms with Crippen molar-refractivity contribution in [1.29, 1.82) is 0 Å². The van der Waals surface area contributed by atoms with Crippen LogP contribution in [-0.4, -0.2) is 43.4 Å². The molecule has 1 heterocycles. The van der Waals surface area contributed by atoms with Gasteiger partial charge in [0.25, 0.3) is 0 Å². The Balaban J connectivity index is 1.73. The van der Waals surface area contributed by atoms with Crippen molar-refractivity contribution in [2.24, 2.45) is 22.6 Å². The Morgan fingerprint density at radius 1 is 1.26 bits per heavy atom. The standard InChI is InChI=1S/C19H29F3N4O/c1-14(2)7-10-26-11-8-15(9-12-26)13-24-18(23)25-16-3-5-17(6-4-16)27-19(20,21)22/h3-6,14-15H,7-13H2,1-2H3,(H3,23,24,25).